The number of amides is 1. The maximum Gasteiger partial charge on any atom is 0.227 e. The van der Waals surface area contributed by atoms with Gasteiger partial charge < -0.3 is 10.1 Å². The van der Waals surface area contributed by atoms with Crippen molar-refractivity contribution < 1.29 is 9.53 Å². The van der Waals surface area contributed by atoms with Crippen LogP contribution in [0.1, 0.15) is 24.8 Å². The van der Waals surface area contributed by atoms with Gasteiger partial charge in [-0.2, -0.15) is 5.26 Å². The van der Waals surface area contributed by atoms with Crippen molar-refractivity contribution in [2.45, 2.75) is 25.4 Å². The number of hydrogen-bond acceptors (Lipinski definition) is 3. The molecular formula is C13H13BrN2O2. The molecule has 0 bridgehead atoms. The van der Waals surface area contributed by atoms with Crippen LogP contribution in [-0.4, -0.2) is 18.6 Å². The van der Waals surface area contributed by atoms with Crippen LogP contribution in [0.25, 0.3) is 0 Å². The molecule has 1 aliphatic heterocycles. The van der Waals surface area contributed by atoms with Crippen LogP contribution in [0.15, 0.2) is 22.7 Å². The fraction of sp³-hybridized carbons (Fsp3) is 0.385. The zero-order valence-electron chi connectivity index (χ0n) is 9.78. The van der Waals surface area contributed by atoms with Crippen molar-refractivity contribution in [1.29, 1.82) is 5.26 Å². The number of hydrogen-bond donors (Lipinski definition) is 1. The van der Waals surface area contributed by atoms with Crippen LogP contribution in [0, 0.1) is 11.3 Å². The van der Waals surface area contributed by atoms with Gasteiger partial charge in [0, 0.05) is 11.1 Å². The van der Waals surface area contributed by atoms with Crippen LogP contribution in [0.2, 0.25) is 0 Å². The highest BCUT2D eigenvalue weighted by Gasteiger charge is 2.19. The van der Waals surface area contributed by atoms with Crippen LogP contribution in [0.3, 0.4) is 0 Å². The highest BCUT2D eigenvalue weighted by molar-refractivity contribution is 9.10. The van der Waals surface area contributed by atoms with E-state index in [2.05, 4.69) is 27.3 Å². The van der Waals surface area contributed by atoms with Gasteiger partial charge in [0.25, 0.3) is 0 Å². The van der Waals surface area contributed by atoms with E-state index in [0.29, 0.717) is 17.7 Å². The van der Waals surface area contributed by atoms with Gasteiger partial charge >= 0.3 is 0 Å². The quantitative estimate of drug-likeness (QED) is 0.934. The Morgan fingerprint density at radius 3 is 3.11 bits per heavy atom. The summed E-state index contributed by atoms with van der Waals surface area (Å²) in [6.07, 6.45) is 2.30. The van der Waals surface area contributed by atoms with E-state index in [9.17, 15) is 4.79 Å². The Balaban J connectivity index is 2.02. The van der Waals surface area contributed by atoms with E-state index in [1.807, 2.05) is 0 Å². The van der Waals surface area contributed by atoms with Crippen molar-refractivity contribution in [3.63, 3.8) is 0 Å². The summed E-state index contributed by atoms with van der Waals surface area (Å²) in [6.45, 7) is 0.734. The molecule has 0 aromatic heterocycles. The molecule has 0 aliphatic carbocycles. The van der Waals surface area contributed by atoms with Gasteiger partial charge in [0.05, 0.1) is 23.8 Å². The number of carbonyl (C=O) groups excluding carboxylic acids is 1. The predicted molar refractivity (Wildman–Crippen MR) is 71.1 cm³/mol. The third-order valence-corrected chi connectivity index (χ3v) is 3.31. The molecule has 2 rings (SSSR count). The van der Waals surface area contributed by atoms with E-state index in [-0.39, 0.29) is 12.0 Å². The summed E-state index contributed by atoms with van der Waals surface area (Å²) in [7, 11) is 0. The first-order valence-electron chi connectivity index (χ1n) is 5.80. The average molecular weight is 309 g/mol. The molecule has 1 atom stereocenters. The normalized spacial score (nSPS) is 18.3. The molecular weight excluding hydrogens is 296 g/mol. The van der Waals surface area contributed by atoms with Crippen molar-refractivity contribution in [2.24, 2.45) is 0 Å². The number of anilines is 1. The molecule has 1 heterocycles. The summed E-state index contributed by atoms with van der Waals surface area (Å²) in [5, 5.41) is 11.7. The monoisotopic (exact) mass is 308 g/mol. The second-order valence-corrected chi connectivity index (χ2v) is 5.10. The maximum absolute atomic E-state index is 11.8. The lowest BCUT2D eigenvalue weighted by Crippen LogP contribution is -2.19. The lowest BCUT2D eigenvalue weighted by molar-refractivity contribution is -0.118. The van der Waals surface area contributed by atoms with E-state index in [0.717, 1.165) is 23.9 Å². The summed E-state index contributed by atoms with van der Waals surface area (Å²) in [5.74, 6) is -0.114. The molecule has 0 spiro atoms. The molecule has 1 aromatic rings. The SMILES string of the molecule is N#Cc1ccc(Br)cc1NC(=O)CC1CCCO1. The largest absolute Gasteiger partial charge is 0.378 e. The van der Waals surface area contributed by atoms with E-state index in [4.69, 9.17) is 10.00 Å². The first-order valence-corrected chi connectivity index (χ1v) is 6.59. The number of carbonyl (C=O) groups is 1. The fourth-order valence-corrected chi connectivity index (χ4v) is 2.29. The Morgan fingerprint density at radius 2 is 2.44 bits per heavy atom. The van der Waals surface area contributed by atoms with E-state index in [1.54, 1.807) is 18.2 Å². The highest BCUT2D eigenvalue weighted by Crippen LogP contribution is 2.22. The summed E-state index contributed by atoms with van der Waals surface area (Å²) in [5.41, 5.74) is 0.994. The number of rotatable bonds is 3. The predicted octanol–water partition coefficient (Wildman–Crippen LogP) is 2.83. The summed E-state index contributed by atoms with van der Waals surface area (Å²) in [4.78, 5) is 11.8. The van der Waals surface area contributed by atoms with Gasteiger partial charge in [-0.15, -0.1) is 0 Å². The Labute approximate surface area is 114 Å². The van der Waals surface area contributed by atoms with Crippen molar-refractivity contribution in [2.75, 3.05) is 11.9 Å². The minimum atomic E-state index is -0.114. The standard InChI is InChI=1S/C13H13BrN2O2/c14-10-4-3-9(8-15)12(6-10)16-13(17)7-11-2-1-5-18-11/h3-4,6,11H,1-2,5,7H2,(H,16,17). The summed E-state index contributed by atoms with van der Waals surface area (Å²) < 4.78 is 6.23. The Hall–Kier alpha value is -1.38. The Morgan fingerprint density at radius 1 is 1.61 bits per heavy atom. The molecule has 0 radical (unpaired) electrons. The van der Waals surface area contributed by atoms with Gasteiger partial charge in [-0.05, 0) is 31.0 Å². The minimum Gasteiger partial charge on any atom is -0.378 e. The first kappa shape index (κ1) is 13.1. The number of halogens is 1. The molecule has 18 heavy (non-hydrogen) atoms. The van der Waals surface area contributed by atoms with Gasteiger partial charge in [-0.1, -0.05) is 15.9 Å². The number of ether oxygens (including phenoxy) is 1. The lowest BCUT2D eigenvalue weighted by Gasteiger charge is -2.11. The van der Waals surface area contributed by atoms with E-state index in [1.165, 1.54) is 0 Å². The molecule has 1 amide bonds. The third-order valence-electron chi connectivity index (χ3n) is 2.81. The molecule has 1 aliphatic rings. The molecule has 1 N–H and O–H groups in total. The fourth-order valence-electron chi connectivity index (χ4n) is 1.93. The van der Waals surface area contributed by atoms with Crippen LogP contribution in [0.4, 0.5) is 5.69 Å². The second kappa shape index (κ2) is 5.98. The second-order valence-electron chi connectivity index (χ2n) is 4.19. The van der Waals surface area contributed by atoms with Gasteiger partial charge in [0.15, 0.2) is 0 Å². The molecule has 94 valence electrons. The van der Waals surface area contributed by atoms with Crippen LogP contribution in [-0.2, 0) is 9.53 Å². The minimum absolute atomic E-state index is 0.0164. The smallest absolute Gasteiger partial charge is 0.227 e. The first-order chi connectivity index (χ1) is 8.69. The average Bonchev–Trinajstić information content (AvgIpc) is 2.82. The maximum atomic E-state index is 11.8. The topological polar surface area (TPSA) is 62.1 Å². The number of nitrogens with zero attached hydrogens (tertiary/aromatic N) is 1. The van der Waals surface area contributed by atoms with Gasteiger partial charge in [-0.3, -0.25) is 4.79 Å². The number of nitriles is 1. The van der Waals surface area contributed by atoms with Gasteiger partial charge in [0.2, 0.25) is 5.91 Å². The number of nitrogens with one attached hydrogen (secondary N) is 1. The molecule has 0 saturated carbocycles. The van der Waals surface area contributed by atoms with Crippen LogP contribution >= 0.6 is 15.9 Å². The van der Waals surface area contributed by atoms with Crippen molar-refractivity contribution >= 4 is 27.5 Å². The third kappa shape index (κ3) is 3.31. The Kier molecular flexibility index (Phi) is 4.34. The molecule has 1 aromatic carbocycles. The lowest BCUT2D eigenvalue weighted by atomic mass is 10.1. The highest BCUT2D eigenvalue weighted by atomic mass is 79.9. The Bertz CT molecular complexity index is 490. The molecule has 1 unspecified atom stereocenters. The van der Waals surface area contributed by atoms with Crippen LogP contribution < -0.4 is 5.32 Å². The molecule has 4 nitrogen and oxygen atoms in total. The van der Waals surface area contributed by atoms with Crippen LogP contribution in [0.5, 0.6) is 0 Å². The van der Waals surface area contributed by atoms with Gasteiger partial charge in [-0.25, -0.2) is 0 Å². The van der Waals surface area contributed by atoms with E-state index >= 15 is 0 Å². The zero-order chi connectivity index (χ0) is 13.0. The summed E-state index contributed by atoms with van der Waals surface area (Å²) >= 11 is 3.32. The molecule has 5 heteroatoms. The molecule has 1 saturated heterocycles. The zero-order valence-corrected chi connectivity index (χ0v) is 11.4. The van der Waals surface area contributed by atoms with Gasteiger partial charge in [0.1, 0.15) is 6.07 Å². The van der Waals surface area contributed by atoms with Crippen molar-refractivity contribution in [3.8, 4) is 6.07 Å². The van der Waals surface area contributed by atoms with E-state index < -0.39 is 0 Å². The van der Waals surface area contributed by atoms with Crippen molar-refractivity contribution in [3.05, 3.63) is 28.2 Å². The van der Waals surface area contributed by atoms with Crippen molar-refractivity contribution in [1.82, 2.24) is 0 Å². The number of benzene rings is 1. The molecule has 1 fully saturated rings. The summed E-state index contributed by atoms with van der Waals surface area (Å²) in [6, 6.07) is 7.23.